The number of hydrogen-bond acceptors (Lipinski definition) is 4. The van der Waals surface area contributed by atoms with Gasteiger partial charge in [-0.05, 0) is 49.1 Å². The van der Waals surface area contributed by atoms with Crippen LogP contribution in [-0.4, -0.2) is 25.0 Å². The number of methoxy groups -OCH3 is 1. The van der Waals surface area contributed by atoms with E-state index >= 15 is 0 Å². The lowest BCUT2D eigenvalue weighted by Crippen LogP contribution is -2.52. The maximum absolute atomic E-state index is 13.4. The van der Waals surface area contributed by atoms with Gasteiger partial charge < -0.3 is 15.4 Å². The van der Waals surface area contributed by atoms with Crippen LogP contribution in [-0.2, 0) is 15.1 Å². The van der Waals surface area contributed by atoms with Crippen molar-refractivity contribution in [2.75, 3.05) is 17.7 Å². The zero-order valence-corrected chi connectivity index (χ0v) is 18.0. The number of para-hydroxylation sites is 1. The standard InChI is InChI=1S/C23H26ClN3O3/c1-13(2)11-15-12-18(21(28)25-14-7-9-16(30-3)10-8-14)23(27-15)17-5-4-6-19(24)20(17)26-22(23)29/h4-10,13,15,18,27H,11-12H2,1-3H3,(H,25,28)(H,26,29)/t15-,18+,23-/m1/s1. The van der Waals surface area contributed by atoms with Gasteiger partial charge in [-0.15, -0.1) is 0 Å². The Morgan fingerprint density at radius 3 is 2.67 bits per heavy atom. The Bertz CT molecular complexity index is 976. The molecule has 30 heavy (non-hydrogen) atoms. The normalized spacial score (nSPS) is 24.8. The summed E-state index contributed by atoms with van der Waals surface area (Å²) in [5.41, 5.74) is 0.856. The van der Waals surface area contributed by atoms with Crippen molar-refractivity contribution in [2.45, 2.75) is 38.3 Å². The Labute approximate surface area is 181 Å². The van der Waals surface area contributed by atoms with Crippen molar-refractivity contribution in [3.8, 4) is 5.75 Å². The molecule has 0 bridgehead atoms. The summed E-state index contributed by atoms with van der Waals surface area (Å²) in [7, 11) is 1.59. The second kappa shape index (κ2) is 7.93. The van der Waals surface area contributed by atoms with Crippen molar-refractivity contribution in [3.63, 3.8) is 0 Å². The van der Waals surface area contributed by atoms with Crippen LogP contribution < -0.4 is 20.7 Å². The molecular weight excluding hydrogens is 402 g/mol. The lowest BCUT2D eigenvalue weighted by atomic mass is 9.79. The number of nitrogens with one attached hydrogen (secondary N) is 3. The lowest BCUT2D eigenvalue weighted by molar-refractivity contribution is -0.130. The predicted octanol–water partition coefficient (Wildman–Crippen LogP) is 4.16. The molecule has 2 aliphatic rings. The molecule has 1 spiro atoms. The van der Waals surface area contributed by atoms with Gasteiger partial charge in [0.05, 0.1) is 23.7 Å². The third-order valence-electron chi connectivity index (χ3n) is 5.94. The number of carbonyl (C=O) groups excluding carboxylic acids is 2. The molecule has 2 aromatic carbocycles. The summed E-state index contributed by atoms with van der Waals surface area (Å²) in [4.78, 5) is 26.7. The topological polar surface area (TPSA) is 79.5 Å². The molecule has 2 aliphatic heterocycles. The molecule has 0 saturated carbocycles. The highest BCUT2D eigenvalue weighted by molar-refractivity contribution is 6.35. The average Bonchev–Trinajstić information content (AvgIpc) is 3.22. The lowest BCUT2D eigenvalue weighted by Gasteiger charge is -2.29. The number of carbonyl (C=O) groups is 2. The molecule has 3 N–H and O–H groups in total. The molecule has 4 rings (SSSR count). The number of fused-ring (bicyclic) bond motifs is 2. The van der Waals surface area contributed by atoms with E-state index in [0.29, 0.717) is 34.5 Å². The number of anilines is 2. The van der Waals surface area contributed by atoms with Gasteiger partial charge in [0.15, 0.2) is 0 Å². The summed E-state index contributed by atoms with van der Waals surface area (Å²) in [6.45, 7) is 4.28. The fourth-order valence-corrected chi connectivity index (χ4v) is 4.90. The molecule has 0 aliphatic carbocycles. The molecule has 0 radical (unpaired) electrons. The maximum atomic E-state index is 13.4. The van der Waals surface area contributed by atoms with Crippen LogP contribution >= 0.6 is 11.6 Å². The Morgan fingerprint density at radius 2 is 2.00 bits per heavy atom. The molecule has 0 unspecified atom stereocenters. The van der Waals surface area contributed by atoms with Crippen molar-refractivity contribution < 1.29 is 14.3 Å². The quantitative estimate of drug-likeness (QED) is 0.669. The Hall–Kier alpha value is -2.57. The Balaban J connectivity index is 1.70. The first-order chi connectivity index (χ1) is 14.3. The highest BCUT2D eigenvalue weighted by atomic mass is 35.5. The van der Waals surface area contributed by atoms with E-state index in [-0.39, 0.29) is 17.9 Å². The van der Waals surface area contributed by atoms with Crippen molar-refractivity contribution in [2.24, 2.45) is 11.8 Å². The fraction of sp³-hybridized carbons (Fsp3) is 0.391. The first-order valence-electron chi connectivity index (χ1n) is 10.2. The highest BCUT2D eigenvalue weighted by Crippen LogP contribution is 2.49. The molecule has 2 heterocycles. The van der Waals surface area contributed by atoms with Crippen molar-refractivity contribution in [3.05, 3.63) is 53.1 Å². The summed E-state index contributed by atoms with van der Waals surface area (Å²) in [6, 6.07) is 12.6. The summed E-state index contributed by atoms with van der Waals surface area (Å²) >= 11 is 6.35. The molecule has 6 nitrogen and oxygen atoms in total. The van der Waals surface area contributed by atoms with Gasteiger partial charge in [-0.25, -0.2) is 0 Å². The van der Waals surface area contributed by atoms with Crippen LogP contribution in [0.2, 0.25) is 5.02 Å². The molecule has 0 aromatic heterocycles. The van der Waals surface area contributed by atoms with Gasteiger partial charge >= 0.3 is 0 Å². The largest absolute Gasteiger partial charge is 0.497 e. The molecule has 1 saturated heterocycles. The van der Waals surface area contributed by atoms with E-state index in [1.54, 1.807) is 37.4 Å². The predicted molar refractivity (Wildman–Crippen MR) is 118 cm³/mol. The zero-order chi connectivity index (χ0) is 21.5. The zero-order valence-electron chi connectivity index (χ0n) is 17.3. The van der Waals surface area contributed by atoms with Gasteiger partial charge in [0, 0.05) is 17.3 Å². The van der Waals surface area contributed by atoms with E-state index in [1.807, 2.05) is 12.1 Å². The average molecular weight is 428 g/mol. The van der Waals surface area contributed by atoms with Gasteiger partial charge in [0.1, 0.15) is 11.3 Å². The van der Waals surface area contributed by atoms with Crippen LogP contribution in [0.25, 0.3) is 0 Å². The van der Waals surface area contributed by atoms with Gasteiger partial charge in [-0.1, -0.05) is 37.6 Å². The minimum absolute atomic E-state index is 0.0484. The first-order valence-corrected chi connectivity index (χ1v) is 10.6. The van der Waals surface area contributed by atoms with E-state index in [0.717, 1.165) is 12.0 Å². The third-order valence-corrected chi connectivity index (χ3v) is 6.25. The summed E-state index contributed by atoms with van der Waals surface area (Å²) in [5, 5.41) is 9.87. The van der Waals surface area contributed by atoms with Crippen LogP contribution in [0.3, 0.4) is 0 Å². The van der Waals surface area contributed by atoms with Gasteiger partial charge in [0.2, 0.25) is 11.8 Å². The van der Waals surface area contributed by atoms with Crippen LogP contribution in [0.15, 0.2) is 42.5 Å². The van der Waals surface area contributed by atoms with E-state index in [1.165, 1.54) is 0 Å². The van der Waals surface area contributed by atoms with Crippen molar-refractivity contribution in [1.29, 1.82) is 0 Å². The molecule has 1 fully saturated rings. The molecular formula is C23H26ClN3O3. The third kappa shape index (κ3) is 3.44. The molecule has 7 heteroatoms. The van der Waals surface area contributed by atoms with Crippen LogP contribution in [0.4, 0.5) is 11.4 Å². The highest BCUT2D eigenvalue weighted by Gasteiger charge is 2.60. The second-order valence-electron chi connectivity index (χ2n) is 8.40. The Morgan fingerprint density at radius 1 is 1.27 bits per heavy atom. The monoisotopic (exact) mass is 427 g/mol. The second-order valence-corrected chi connectivity index (χ2v) is 8.81. The number of rotatable bonds is 5. The molecule has 158 valence electrons. The first kappa shape index (κ1) is 20.7. The van der Waals surface area contributed by atoms with E-state index in [2.05, 4.69) is 29.8 Å². The summed E-state index contributed by atoms with van der Waals surface area (Å²) in [5.74, 6) is 0.158. The van der Waals surface area contributed by atoms with Gasteiger partial charge in [-0.3, -0.25) is 14.9 Å². The van der Waals surface area contributed by atoms with E-state index < -0.39 is 11.5 Å². The number of halogens is 1. The Kier molecular flexibility index (Phi) is 5.47. The van der Waals surface area contributed by atoms with Gasteiger partial charge in [-0.2, -0.15) is 0 Å². The molecule has 3 atom stereocenters. The summed E-state index contributed by atoms with van der Waals surface area (Å²) in [6.07, 6.45) is 1.44. The fourth-order valence-electron chi connectivity index (χ4n) is 4.68. The van der Waals surface area contributed by atoms with E-state index in [4.69, 9.17) is 16.3 Å². The minimum Gasteiger partial charge on any atom is -0.497 e. The number of benzene rings is 2. The maximum Gasteiger partial charge on any atom is 0.250 e. The van der Waals surface area contributed by atoms with Crippen LogP contribution in [0.1, 0.15) is 32.3 Å². The summed E-state index contributed by atoms with van der Waals surface area (Å²) < 4.78 is 5.18. The molecule has 2 amide bonds. The van der Waals surface area contributed by atoms with Crippen molar-refractivity contribution in [1.82, 2.24) is 5.32 Å². The number of hydrogen-bond donors (Lipinski definition) is 3. The SMILES string of the molecule is COc1ccc(NC(=O)[C@@H]2C[C@@H](CC(C)C)N[C@@]23C(=O)Nc2c(Cl)cccc23)cc1. The number of ether oxygens (including phenoxy) is 1. The number of amides is 2. The van der Waals surface area contributed by atoms with Gasteiger partial charge in [0.25, 0.3) is 0 Å². The molecule has 2 aromatic rings. The van der Waals surface area contributed by atoms with Crippen molar-refractivity contribution >= 4 is 34.8 Å². The smallest absolute Gasteiger partial charge is 0.250 e. The van der Waals surface area contributed by atoms with Crippen LogP contribution in [0.5, 0.6) is 5.75 Å². The van der Waals surface area contributed by atoms with E-state index in [9.17, 15) is 9.59 Å². The van der Waals surface area contributed by atoms with Crippen LogP contribution in [0, 0.1) is 11.8 Å². The minimum atomic E-state index is -1.13.